The molecule has 0 radical (unpaired) electrons. The molecule has 0 fully saturated rings. The first-order valence-electron chi connectivity index (χ1n) is 6.94. The van der Waals surface area contributed by atoms with Crippen LogP contribution in [0, 0.1) is 6.92 Å². The SMILES string of the molecule is CSc1ccc2c(c1C)C(O)=C(C(=O)NCC(=O)O)C(=O)C2C. The fourth-order valence-corrected chi connectivity index (χ4v) is 3.29. The molecule has 0 spiro atoms. The first-order valence-corrected chi connectivity index (χ1v) is 8.17. The van der Waals surface area contributed by atoms with Crippen molar-refractivity contribution < 1.29 is 24.6 Å². The van der Waals surface area contributed by atoms with Crippen molar-refractivity contribution in [3.8, 4) is 0 Å². The number of aliphatic hydroxyl groups is 1. The molecule has 7 heteroatoms. The van der Waals surface area contributed by atoms with Gasteiger partial charge in [0, 0.05) is 16.4 Å². The van der Waals surface area contributed by atoms with Crippen LogP contribution in [0.1, 0.15) is 29.5 Å². The zero-order valence-electron chi connectivity index (χ0n) is 13.0. The highest BCUT2D eigenvalue weighted by atomic mass is 32.2. The molecule has 1 unspecified atom stereocenters. The van der Waals surface area contributed by atoms with Gasteiger partial charge in [0.1, 0.15) is 17.9 Å². The minimum Gasteiger partial charge on any atom is -0.506 e. The lowest BCUT2D eigenvalue weighted by Gasteiger charge is -2.25. The summed E-state index contributed by atoms with van der Waals surface area (Å²) in [5, 5.41) is 21.3. The average Bonchev–Trinajstić information content (AvgIpc) is 2.50. The van der Waals surface area contributed by atoms with Crippen LogP contribution in [0.4, 0.5) is 0 Å². The van der Waals surface area contributed by atoms with Crippen LogP contribution in [0.15, 0.2) is 22.6 Å². The highest BCUT2D eigenvalue weighted by Crippen LogP contribution is 2.39. The third kappa shape index (κ3) is 2.96. The highest BCUT2D eigenvalue weighted by Gasteiger charge is 2.36. The lowest BCUT2D eigenvalue weighted by molar-refractivity contribution is -0.137. The molecule has 0 aromatic heterocycles. The summed E-state index contributed by atoms with van der Waals surface area (Å²) >= 11 is 1.50. The summed E-state index contributed by atoms with van der Waals surface area (Å²) < 4.78 is 0. The second-order valence-corrected chi connectivity index (χ2v) is 6.09. The molecule has 1 aromatic rings. The number of carbonyl (C=O) groups is 3. The third-order valence-electron chi connectivity index (χ3n) is 3.87. The monoisotopic (exact) mass is 335 g/mol. The van der Waals surface area contributed by atoms with Gasteiger partial charge in [0.05, 0.1) is 0 Å². The number of nitrogens with one attached hydrogen (secondary N) is 1. The largest absolute Gasteiger partial charge is 0.506 e. The first-order chi connectivity index (χ1) is 10.8. The van der Waals surface area contributed by atoms with Gasteiger partial charge in [-0.25, -0.2) is 0 Å². The average molecular weight is 335 g/mol. The van der Waals surface area contributed by atoms with E-state index in [-0.39, 0.29) is 11.3 Å². The van der Waals surface area contributed by atoms with Crippen LogP contribution in [-0.4, -0.2) is 40.7 Å². The Morgan fingerprint density at radius 1 is 1.35 bits per heavy atom. The molecule has 122 valence electrons. The maximum absolute atomic E-state index is 12.4. The number of Topliss-reactive ketones (excluding diaryl/α,β-unsaturated/α-hetero) is 1. The second kappa shape index (κ2) is 6.45. The topological polar surface area (TPSA) is 104 Å². The van der Waals surface area contributed by atoms with Crippen molar-refractivity contribution in [2.24, 2.45) is 0 Å². The Balaban J connectivity index is 2.58. The summed E-state index contributed by atoms with van der Waals surface area (Å²) in [5.74, 6) is -3.59. The van der Waals surface area contributed by atoms with Crippen molar-refractivity contribution in [2.45, 2.75) is 24.7 Å². The molecule has 2 rings (SSSR count). The Morgan fingerprint density at radius 2 is 2.00 bits per heavy atom. The Bertz CT molecular complexity index is 738. The van der Waals surface area contributed by atoms with Crippen LogP contribution in [0.3, 0.4) is 0 Å². The molecule has 1 amide bonds. The highest BCUT2D eigenvalue weighted by molar-refractivity contribution is 7.98. The molecule has 1 aromatic carbocycles. The molecule has 0 saturated heterocycles. The summed E-state index contributed by atoms with van der Waals surface area (Å²) in [6.45, 7) is 2.86. The van der Waals surface area contributed by atoms with Crippen molar-refractivity contribution in [1.82, 2.24) is 5.32 Å². The van der Waals surface area contributed by atoms with Crippen LogP contribution >= 0.6 is 11.8 Å². The number of thioether (sulfide) groups is 1. The van der Waals surface area contributed by atoms with Crippen LogP contribution in [0.25, 0.3) is 5.76 Å². The van der Waals surface area contributed by atoms with E-state index in [0.717, 1.165) is 10.5 Å². The molecule has 6 nitrogen and oxygen atoms in total. The van der Waals surface area contributed by atoms with E-state index in [1.807, 2.05) is 19.2 Å². The lowest BCUT2D eigenvalue weighted by Crippen LogP contribution is -2.36. The van der Waals surface area contributed by atoms with Gasteiger partial charge in [0.15, 0.2) is 5.78 Å². The fourth-order valence-electron chi connectivity index (χ4n) is 2.67. The van der Waals surface area contributed by atoms with Gasteiger partial charge in [-0.3, -0.25) is 14.4 Å². The van der Waals surface area contributed by atoms with Gasteiger partial charge in [0.25, 0.3) is 5.91 Å². The Morgan fingerprint density at radius 3 is 2.57 bits per heavy atom. The molecule has 1 aliphatic rings. The predicted molar refractivity (Wildman–Crippen MR) is 86.6 cm³/mol. The zero-order valence-corrected chi connectivity index (χ0v) is 13.8. The molecule has 1 aliphatic carbocycles. The van der Waals surface area contributed by atoms with Gasteiger partial charge >= 0.3 is 5.97 Å². The molecule has 0 bridgehead atoms. The summed E-state index contributed by atoms with van der Waals surface area (Å²) in [6, 6.07) is 3.66. The molecule has 0 heterocycles. The molecule has 0 aliphatic heterocycles. The van der Waals surface area contributed by atoms with Crippen molar-refractivity contribution in [3.05, 3.63) is 34.4 Å². The van der Waals surface area contributed by atoms with E-state index < -0.39 is 30.1 Å². The maximum atomic E-state index is 12.4. The third-order valence-corrected chi connectivity index (χ3v) is 4.76. The van der Waals surface area contributed by atoms with Crippen molar-refractivity contribution in [2.75, 3.05) is 12.8 Å². The number of carbonyl (C=O) groups excluding carboxylic acids is 2. The standard InChI is InChI=1S/C16H17NO5S/c1-7-9-4-5-10(23-3)8(2)12(9)15(21)13(14(7)20)16(22)17-6-11(18)19/h4-5,7,21H,6H2,1-3H3,(H,17,22)(H,18,19). The number of benzene rings is 1. The van der Waals surface area contributed by atoms with Crippen LogP contribution < -0.4 is 5.32 Å². The maximum Gasteiger partial charge on any atom is 0.322 e. The normalized spacial score (nSPS) is 17.0. The minimum absolute atomic E-state index is 0.382. The minimum atomic E-state index is -1.23. The van der Waals surface area contributed by atoms with E-state index in [4.69, 9.17) is 5.11 Å². The van der Waals surface area contributed by atoms with E-state index >= 15 is 0 Å². The number of hydrogen-bond acceptors (Lipinski definition) is 5. The predicted octanol–water partition coefficient (Wildman–Crippen LogP) is 1.87. The molecule has 0 saturated carbocycles. The van der Waals surface area contributed by atoms with E-state index in [2.05, 4.69) is 5.32 Å². The number of amides is 1. The summed E-state index contributed by atoms with van der Waals surface area (Å²) in [5.41, 5.74) is 1.55. The van der Waals surface area contributed by atoms with Crippen LogP contribution in [0.5, 0.6) is 0 Å². The molecular weight excluding hydrogens is 318 g/mol. The van der Waals surface area contributed by atoms with Gasteiger partial charge in [-0.05, 0) is 30.4 Å². The fraction of sp³-hybridized carbons (Fsp3) is 0.312. The molecular formula is C16H17NO5S. The Hall–Kier alpha value is -2.28. The number of ketones is 1. The van der Waals surface area contributed by atoms with E-state index in [0.29, 0.717) is 11.1 Å². The number of rotatable bonds is 4. The zero-order chi connectivity index (χ0) is 17.3. The molecule has 3 N–H and O–H groups in total. The number of fused-ring (bicyclic) bond motifs is 1. The van der Waals surface area contributed by atoms with Crippen molar-refractivity contribution in [3.63, 3.8) is 0 Å². The summed E-state index contributed by atoms with van der Waals surface area (Å²) in [7, 11) is 0. The Labute approximate surface area is 137 Å². The summed E-state index contributed by atoms with van der Waals surface area (Å²) in [4.78, 5) is 36.0. The number of aliphatic carboxylic acids is 1. The van der Waals surface area contributed by atoms with Crippen LogP contribution in [0.2, 0.25) is 0 Å². The van der Waals surface area contributed by atoms with Gasteiger partial charge < -0.3 is 15.5 Å². The second-order valence-electron chi connectivity index (χ2n) is 5.24. The van der Waals surface area contributed by atoms with Crippen LogP contribution in [-0.2, 0) is 14.4 Å². The van der Waals surface area contributed by atoms with Crippen molar-refractivity contribution >= 4 is 35.2 Å². The van der Waals surface area contributed by atoms with E-state index in [9.17, 15) is 19.5 Å². The number of carboxylic acids is 1. The summed E-state index contributed by atoms with van der Waals surface area (Å²) in [6.07, 6.45) is 1.90. The van der Waals surface area contributed by atoms with E-state index in [1.54, 1.807) is 13.0 Å². The first kappa shape index (κ1) is 17.1. The molecule has 1 atom stereocenters. The number of hydrogen-bond donors (Lipinski definition) is 3. The smallest absolute Gasteiger partial charge is 0.322 e. The van der Waals surface area contributed by atoms with Gasteiger partial charge in [-0.2, -0.15) is 0 Å². The Kier molecular flexibility index (Phi) is 4.79. The van der Waals surface area contributed by atoms with Crippen molar-refractivity contribution in [1.29, 1.82) is 0 Å². The number of aliphatic hydroxyl groups excluding tert-OH is 1. The van der Waals surface area contributed by atoms with Gasteiger partial charge in [-0.15, -0.1) is 11.8 Å². The number of carboxylic acid groups (broad SMARTS) is 1. The quantitative estimate of drug-likeness (QED) is 0.573. The molecule has 23 heavy (non-hydrogen) atoms. The van der Waals surface area contributed by atoms with E-state index in [1.165, 1.54) is 11.8 Å². The lowest BCUT2D eigenvalue weighted by atomic mass is 9.80. The van der Waals surface area contributed by atoms with Gasteiger partial charge in [-0.1, -0.05) is 13.0 Å². The van der Waals surface area contributed by atoms with Gasteiger partial charge in [0.2, 0.25) is 0 Å².